The number of nitrogens with two attached hydrogens (primary N) is 1. The van der Waals surface area contributed by atoms with E-state index >= 15 is 0 Å². The smallest absolute Gasteiger partial charge is 0.240 e. The number of aromatic nitrogens is 1. The monoisotopic (exact) mass is 189 g/mol. The van der Waals surface area contributed by atoms with Crippen molar-refractivity contribution in [1.29, 1.82) is 0 Å². The van der Waals surface area contributed by atoms with E-state index in [2.05, 4.69) is 15.9 Å². The average molecular weight is 190 g/mol. The highest BCUT2D eigenvalue weighted by atomic mass is 79.9. The summed E-state index contributed by atoms with van der Waals surface area (Å²) in [5, 5.41) is 8.86. The first kappa shape index (κ1) is 6.35. The van der Waals surface area contributed by atoms with Crippen LogP contribution in [0, 0.1) is 0 Å². The zero-order valence-corrected chi connectivity index (χ0v) is 6.17. The van der Waals surface area contributed by atoms with E-state index in [1.54, 1.807) is 12.3 Å². The van der Waals surface area contributed by atoms with Gasteiger partial charge in [0.25, 0.3) is 0 Å². The Morgan fingerprint density at radius 2 is 2.22 bits per heavy atom. The Morgan fingerprint density at radius 1 is 1.56 bits per heavy atom. The molecule has 0 saturated heterocycles. The van der Waals surface area contributed by atoms with Gasteiger partial charge in [0.05, 0.1) is 4.47 Å². The first-order valence-corrected chi connectivity index (χ1v) is 3.13. The van der Waals surface area contributed by atoms with Gasteiger partial charge in [-0.1, -0.05) is 4.68 Å². The maximum atomic E-state index is 8.86. The van der Waals surface area contributed by atoms with Crippen LogP contribution in [0.1, 0.15) is 0 Å². The zero-order chi connectivity index (χ0) is 6.85. The molecular weight excluding hydrogens is 184 g/mol. The van der Waals surface area contributed by atoms with Crippen molar-refractivity contribution in [2.45, 2.75) is 0 Å². The molecule has 1 aromatic rings. The second kappa shape index (κ2) is 2.23. The molecule has 48 valence electrons. The van der Waals surface area contributed by atoms with Crippen molar-refractivity contribution in [1.82, 2.24) is 0 Å². The van der Waals surface area contributed by atoms with Crippen molar-refractivity contribution >= 4 is 15.9 Å². The van der Waals surface area contributed by atoms with Gasteiger partial charge in [-0.15, -0.1) is 0 Å². The molecule has 0 aliphatic carbocycles. The SMILES string of the molecule is N[n+]1cc(O)cc(Br)c1. The standard InChI is InChI=1S/C5H5BrN2O/c6-4-1-5(9)3-8(7)2-4/h1-3H,7H2/p+1. The lowest BCUT2D eigenvalue weighted by atomic mass is 10.5. The molecule has 0 aromatic carbocycles. The Bertz CT molecular complexity index is 176. The highest BCUT2D eigenvalue weighted by Crippen LogP contribution is 2.11. The van der Waals surface area contributed by atoms with Gasteiger partial charge in [0.1, 0.15) is 0 Å². The third kappa shape index (κ3) is 1.57. The summed E-state index contributed by atoms with van der Waals surface area (Å²) in [4.78, 5) is 0. The Hall–Kier alpha value is -0.770. The maximum absolute atomic E-state index is 8.86. The molecule has 3 nitrogen and oxygen atoms in total. The summed E-state index contributed by atoms with van der Waals surface area (Å²) in [5.74, 6) is 5.43. The van der Waals surface area contributed by atoms with E-state index in [4.69, 9.17) is 10.9 Å². The second-order valence-corrected chi connectivity index (χ2v) is 2.58. The van der Waals surface area contributed by atoms with E-state index in [-0.39, 0.29) is 5.75 Å². The minimum Gasteiger partial charge on any atom is -0.503 e. The molecule has 0 saturated carbocycles. The molecule has 0 atom stereocenters. The van der Waals surface area contributed by atoms with Gasteiger partial charge in [-0.05, 0) is 15.9 Å². The lowest BCUT2D eigenvalue weighted by molar-refractivity contribution is -0.639. The van der Waals surface area contributed by atoms with Crippen LogP contribution in [0.25, 0.3) is 0 Å². The van der Waals surface area contributed by atoms with Crippen LogP contribution < -0.4 is 10.5 Å². The van der Waals surface area contributed by atoms with Crippen molar-refractivity contribution in [2.24, 2.45) is 0 Å². The predicted octanol–water partition coefficient (Wildman–Crippen LogP) is 0.156. The average Bonchev–Trinajstić information content (AvgIpc) is 1.59. The first-order valence-electron chi connectivity index (χ1n) is 2.34. The summed E-state index contributed by atoms with van der Waals surface area (Å²) in [5.41, 5.74) is 0. The molecule has 0 fully saturated rings. The van der Waals surface area contributed by atoms with Crippen LogP contribution in [-0.2, 0) is 0 Å². The van der Waals surface area contributed by atoms with Crippen molar-refractivity contribution in [3.05, 3.63) is 22.9 Å². The van der Waals surface area contributed by atoms with Crippen LogP contribution in [0.15, 0.2) is 22.9 Å². The Kier molecular flexibility index (Phi) is 1.57. The molecule has 1 aromatic heterocycles. The van der Waals surface area contributed by atoms with Gasteiger partial charge >= 0.3 is 0 Å². The summed E-state index contributed by atoms with van der Waals surface area (Å²) in [7, 11) is 0. The molecule has 1 heterocycles. The van der Waals surface area contributed by atoms with E-state index in [1.807, 2.05) is 0 Å². The molecule has 0 spiro atoms. The number of aromatic hydroxyl groups is 1. The van der Waals surface area contributed by atoms with Gasteiger partial charge in [0.2, 0.25) is 12.4 Å². The Morgan fingerprint density at radius 3 is 2.67 bits per heavy atom. The van der Waals surface area contributed by atoms with Crippen molar-refractivity contribution in [2.75, 3.05) is 5.84 Å². The van der Waals surface area contributed by atoms with Gasteiger partial charge in [0.15, 0.2) is 5.75 Å². The third-order valence-electron chi connectivity index (χ3n) is 0.840. The fourth-order valence-electron chi connectivity index (χ4n) is 0.548. The molecule has 0 bridgehead atoms. The quantitative estimate of drug-likeness (QED) is 0.452. The molecule has 4 heteroatoms. The van der Waals surface area contributed by atoms with Crippen LogP contribution in [0.5, 0.6) is 5.75 Å². The van der Waals surface area contributed by atoms with E-state index in [0.717, 1.165) is 4.47 Å². The number of hydrogen-bond acceptors (Lipinski definition) is 2. The van der Waals surface area contributed by atoms with Crippen LogP contribution >= 0.6 is 15.9 Å². The van der Waals surface area contributed by atoms with Gasteiger partial charge in [-0.25, -0.2) is 5.84 Å². The van der Waals surface area contributed by atoms with Crippen LogP contribution in [-0.4, -0.2) is 5.11 Å². The molecule has 3 N–H and O–H groups in total. The van der Waals surface area contributed by atoms with Crippen molar-refractivity contribution < 1.29 is 9.78 Å². The molecule has 0 aliphatic rings. The van der Waals surface area contributed by atoms with E-state index in [0.29, 0.717) is 0 Å². The largest absolute Gasteiger partial charge is 0.503 e. The Labute approximate surface area is 60.8 Å². The maximum Gasteiger partial charge on any atom is 0.240 e. The summed E-state index contributed by atoms with van der Waals surface area (Å²) >= 11 is 3.15. The van der Waals surface area contributed by atoms with Crippen LogP contribution in [0.4, 0.5) is 0 Å². The molecule has 0 radical (unpaired) electrons. The molecule has 1 rings (SSSR count). The van der Waals surface area contributed by atoms with E-state index < -0.39 is 0 Å². The summed E-state index contributed by atoms with van der Waals surface area (Å²) in [6, 6.07) is 1.56. The third-order valence-corrected chi connectivity index (χ3v) is 1.27. The second-order valence-electron chi connectivity index (χ2n) is 1.66. The summed E-state index contributed by atoms with van der Waals surface area (Å²) < 4.78 is 2.03. The van der Waals surface area contributed by atoms with Gasteiger partial charge in [0, 0.05) is 6.07 Å². The highest BCUT2D eigenvalue weighted by molar-refractivity contribution is 9.10. The fraction of sp³-hybridized carbons (Fsp3) is 0. The normalized spacial score (nSPS) is 9.44. The number of nitrogen functional groups attached to an aromatic ring is 1. The number of hydrogen-bond donors (Lipinski definition) is 2. The lowest BCUT2D eigenvalue weighted by Gasteiger charge is -1.88. The number of rotatable bonds is 0. The molecule has 0 aliphatic heterocycles. The molecule has 0 amide bonds. The van der Waals surface area contributed by atoms with Gasteiger partial charge in [-0.3, -0.25) is 0 Å². The van der Waals surface area contributed by atoms with Gasteiger partial charge in [-0.2, -0.15) is 0 Å². The molecular formula is C5H6BrN2O+. The van der Waals surface area contributed by atoms with Gasteiger partial charge < -0.3 is 5.11 Å². The van der Waals surface area contributed by atoms with Crippen molar-refractivity contribution in [3.63, 3.8) is 0 Å². The minimum absolute atomic E-state index is 0.145. The zero-order valence-electron chi connectivity index (χ0n) is 4.58. The number of pyridine rings is 1. The predicted molar refractivity (Wildman–Crippen MR) is 36.2 cm³/mol. The van der Waals surface area contributed by atoms with Crippen molar-refractivity contribution in [3.8, 4) is 5.75 Å². The number of halogens is 1. The lowest BCUT2D eigenvalue weighted by Crippen LogP contribution is -2.43. The first-order chi connectivity index (χ1) is 4.18. The van der Waals surface area contributed by atoms with E-state index in [9.17, 15) is 0 Å². The topological polar surface area (TPSA) is 50.1 Å². The fourth-order valence-corrected chi connectivity index (χ4v) is 1.02. The highest BCUT2D eigenvalue weighted by Gasteiger charge is 1.99. The molecule has 9 heavy (non-hydrogen) atoms. The summed E-state index contributed by atoms with van der Waals surface area (Å²) in [6.07, 6.45) is 3.05. The number of nitrogens with zero attached hydrogens (tertiary/aromatic N) is 1. The van der Waals surface area contributed by atoms with Crippen LogP contribution in [0.2, 0.25) is 0 Å². The minimum atomic E-state index is 0.145. The Balaban J connectivity index is 3.17. The molecule has 0 unspecified atom stereocenters. The van der Waals surface area contributed by atoms with E-state index in [1.165, 1.54) is 10.9 Å². The summed E-state index contributed by atoms with van der Waals surface area (Å²) in [6.45, 7) is 0. The van der Waals surface area contributed by atoms with Crippen LogP contribution in [0.3, 0.4) is 0 Å².